The zero-order chi connectivity index (χ0) is 20.0. The zero-order valence-electron chi connectivity index (χ0n) is 16.3. The Hall–Kier alpha value is -1.98. The lowest BCUT2D eigenvalue weighted by atomic mass is 10.1. The summed E-state index contributed by atoms with van der Waals surface area (Å²) in [7, 11) is 0. The predicted octanol–water partition coefficient (Wildman–Crippen LogP) is 5.85. The van der Waals surface area contributed by atoms with Gasteiger partial charge in [-0.25, -0.2) is 0 Å². The van der Waals surface area contributed by atoms with E-state index in [-0.39, 0.29) is 5.95 Å². The van der Waals surface area contributed by atoms with E-state index in [2.05, 4.69) is 11.3 Å². The monoisotopic (exact) mass is 372 g/mol. The molecule has 6 nitrogen and oxygen atoms in total. The van der Waals surface area contributed by atoms with Crippen LogP contribution in [0.5, 0.6) is 5.95 Å². The molecular formula is C20H36O6. The van der Waals surface area contributed by atoms with Gasteiger partial charge in [-0.15, -0.1) is 0 Å². The number of carboxylic acids is 2. The SMILES string of the molecule is CC(=O)O.CCCCCCCCCCCCCC(=O)O.Oc1ccco1. The van der Waals surface area contributed by atoms with E-state index in [9.17, 15) is 4.79 Å². The van der Waals surface area contributed by atoms with Crippen molar-refractivity contribution in [1.29, 1.82) is 0 Å². The second-order valence-corrected chi connectivity index (χ2v) is 6.15. The topological polar surface area (TPSA) is 108 Å². The molecule has 152 valence electrons. The van der Waals surface area contributed by atoms with E-state index in [0.717, 1.165) is 19.8 Å². The molecule has 0 fully saturated rings. The van der Waals surface area contributed by atoms with Gasteiger partial charge in [0.1, 0.15) is 0 Å². The van der Waals surface area contributed by atoms with Gasteiger partial charge in [-0.2, -0.15) is 0 Å². The first kappa shape index (κ1) is 26.3. The van der Waals surface area contributed by atoms with Gasteiger partial charge >= 0.3 is 5.97 Å². The third-order valence-corrected chi connectivity index (χ3v) is 3.50. The minimum atomic E-state index is -0.833. The van der Waals surface area contributed by atoms with E-state index in [1.165, 1.54) is 70.1 Å². The van der Waals surface area contributed by atoms with E-state index in [4.69, 9.17) is 20.1 Å². The summed E-state index contributed by atoms with van der Waals surface area (Å²) in [6, 6.07) is 3.09. The lowest BCUT2D eigenvalue weighted by Gasteiger charge is -2.01. The van der Waals surface area contributed by atoms with E-state index >= 15 is 0 Å². The highest BCUT2D eigenvalue weighted by Crippen LogP contribution is 2.11. The van der Waals surface area contributed by atoms with Gasteiger partial charge in [-0.05, 0) is 12.5 Å². The van der Waals surface area contributed by atoms with E-state index in [1.807, 2.05) is 0 Å². The van der Waals surface area contributed by atoms with Crippen molar-refractivity contribution in [2.24, 2.45) is 0 Å². The first-order chi connectivity index (χ1) is 12.4. The maximum absolute atomic E-state index is 10.3. The third-order valence-electron chi connectivity index (χ3n) is 3.50. The summed E-state index contributed by atoms with van der Waals surface area (Å²) in [5.74, 6) is -1.52. The summed E-state index contributed by atoms with van der Waals surface area (Å²) in [6.45, 7) is 3.33. The van der Waals surface area contributed by atoms with Gasteiger partial charge in [-0.1, -0.05) is 71.1 Å². The molecule has 3 N–H and O–H groups in total. The largest absolute Gasteiger partial charge is 0.481 e. The molecule has 0 atom stereocenters. The molecule has 0 aliphatic heterocycles. The molecule has 0 saturated carbocycles. The van der Waals surface area contributed by atoms with Crippen LogP contribution in [0.1, 0.15) is 90.9 Å². The highest BCUT2D eigenvalue weighted by atomic mass is 16.5. The number of unbranched alkanes of at least 4 members (excludes halogenated alkanes) is 10. The van der Waals surface area contributed by atoms with E-state index in [1.54, 1.807) is 6.07 Å². The highest BCUT2D eigenvalue weighted by Gasteiger charge is 1.96. The average Bonchev–Trinajstić information content (AvgIpc) is 3.03. The van der Waals surface area contributed by atoms with Crippen LogP contribution >= 0.6 is 0 Å². The van der Waals surface area contributed by atoms with Crippen LogP contribution in [0, 0.1) is 0 Å². The molecule has 0 saturated heterocycles. The quantitative estimate of drug-likeness (QED) is 0.397. The van der Waals surface area contributed by atoms with Gasteiger partial charge in [-0.3, -0.25) is 9.59 Å². The Morgan fingerprint density at radius 3 is 1.58 bits per heavy atom. The molecule has 0 spiro atoms. The number of furan rings is 1. The molecule has 0 bridgehead atoms. The van der Waals surface area contributed by atoms with Crippen LogP contribution in [0.15, 0.2) is 22.8 Å². The second kappa shape index (κ2) is 21.1. The Bertz CT molecular complexity index is 410. The molecule has 0 unspecified atom stereocenters. The van der Waals surface area contributed by atoms with Crippen LogP contribution in [-0.2, 0) is 9.59 Å². The minimum Gasteiger partial charge on any atom is -0.481 e. The van der Waals surface area contributed by atoms with E-state index in [0.29, 0.717) is 6.42 Å². The van der Waals surface area contributed by atoms with Crippen LogP contribution in [-0.4, -0.2) is 27.3 Å². The fourth-order valence-corrected chi connectivity index (χ4v) is 2.21. The summed E-state index contributed by atoms with van der Waals surface area (Å²) >= 11 is 0. The molecule has 0 amide bonds. The van der Waals surface area contributed by atoms with Crippen molar-refractivity contribution < 1.29 is 29.3 Å². The zero-order valence-corrected chi connectivity index (χ0v) is 16.3. The molecule has 1 aromatic rings. The fraction of sp³-hybridized carbons (Fsp3) is 0.700. The summed E-state index contributed by atoms with van der Waals surface area (Å²) in [5.41, 5.74) is 0. The van der Waals surface area contributed by atoms with Gasteiger partial charge in [0.2, 0.25) is 0 Å². The van der Waals surface area contributed by atoms with Crippen molar-refractivity contribution in [1.82, 2.24) is 0 Å². The fourth-order valence-electron chi connectivity index (χ4n) is 2.21. The number of aliphatic carboxylic acids is 2. The molecule has 1 heterocycles. The Labute approximate surface area is 157 Å². The van der Waals surface area contributed by atoms with Crippen molar-refractivity contribution in [3.05, 3.63) is 18.4 Å². The molecule has 0 radical (unpaired) electrons. The first-order valence-electron chi connectivity index (χ1n) is 9.53. The number of carboxylic acid groups (broad SMARTS) is 2. The standard InChI is InChI=1S/C14H28O2.C4H4O2.C2H4O2/c1-2-3-4-5-6-7-8-9-10-11-12-13-14(15)16;5-4-2-1-3-6-4;1-2(3)4/h2-13H2,1H3,(H,15,16);1-3,5H;1H3,(H,3,4). The summed E-state index contributed by atoms with van der Waals surface area (Å²) in [4.78, 5) is 19.3. The lowest BCUT2D eigenvalue weighted by Crippen LogP contribution is -1.93. The van der Waals surface area contributed by atoms with Crippen molar-refractivity contribution in [2.45, 2.75) is 90.9 Å². The maximum atomic E-state index is 10.3. The molecule has 0 aliphatic carbocycles. The molecule has 0 aromatic carbocycles. The van der Waals surface area contributed by atoms with Crippen molar-refractivity contribution in [3.8, 4) is 5.95 Å². The van der Waals surface area contributed by atoms with E-state index < -0.39 is 11.9 Å². The summed E-state index contributed by atoms with van der Waals surface area (Å²) in [6.07, 6.45) is 15.8. The molecule has 1 aromatic heterocycles. The Kier molecular flexibility index (Phi) is 21.3. The van der Waals surface area contributed by atoms with Gasteiger partial charge in [0.25, 0.3) is 11.9 Å². The number of aromatic hydroxyl groups is 1. The van der Waals surface area contributed by atoms with Crippen LogP contribution in [0.2, 0.25) is 0 Å². The van der Waals surface area contributed by atoms with Gasteiger partial charge < -0.3 is 19.7 Å². The smallest absolute Gasteiger partial charge is 0.303 e. The Balaban J connectivity index is 0. The molecule has 1 rings (SSSR count). The maximum Gasteiger partial charge on any atom is 0.303 e. The summed E-state index contributed by atoms with van der Waals surface area (Å²) < 4.78 is 4.39. The molecule has 26 heavy (non-hydrogen) atoms. The minimum absolute atomic E-state index is 0.0324. The Morgan fingerprint density at radius 1 is 0.885 bits per heavy atom. The average molecular weight is 373 g/mol. The molecule has 6 heteroatoms. The Morgan fingerprint density at radius 2 is 1.31 bits per heavy atom. The van der Waals surface area contributed by atoms with Gasteiger partial charge in [0.15, 0.2) is 0 Å². The number of hydrogen-bond donors (Lipinski definition) is 3. The highest BCUT2D eigenvalue weighted by molar-refractivity contribution is 5.66. The van der Waals surface area contributed by atoms with Gasteiger partial charge in [0.05, 0.1) is 6.26 Å². The number of rotatable bonds is 12. The van der Waals surface area contributed by atoms with Crippen molar-refractivity contribution >= 4 is 11.9 Å². The molecule has 0 aliphatic rings. The van der Waals surface area contributed by atoms with Crippen molar-refractivity contribution in [2.75, 3.05) is 0 Å². The third kappa shape index (κ3) is 30.0. The normalized spacial score (nSPS) is 9.46. The van der Waals surface area contributed by atoms with Crippen LogP contribution in [0.25, 0.3) is 0 Å². The molecular weight excluding hydrogens is 336 g/mol. The first-order valence-corrected chi connectivity index (χ1v) is 9.53. The predicted molar refractivity (Wildman–Crippen MR) is 102 cm³/mol. The van der Waals surface area contributed by atoms with Crippen LogP contribution in [0.4, 0.5) is 0 Å². The van der Waals surface area contributed by atoms with Gasteiger partial charge in [0, 0.05) is 19.4 Å². The lowest BCUT2D eigenvalue weighted by molar-refractivity contribution is -0.137. The van der Waals surface area contributed by atoms with Crippen LogP contribution < -0.4 is 0 Å². The number of hydrogen-bond acceptors (Lipinski definition) is 4. The van der Waals surface area contributed by atoms with Crippen molar-refractivity contribution in [3.63, 3.8) is 0 Å². The number of carbonyl (C=O) groups is 2. The summed E-state index contributed by atoms with van der Waals surface area (Å²) in [5, 5.41) is 24.2. The second-order valence-electron chi connectivity index (χ2n) is 6.15. The van der Waals surface area contributed by atoms with Crippen LogP contribution in [0.3, 0.4) is 0 Å².